The molecule has 0 atom stereocenters. The molecule has 0 bridgehead atoms. The minimum absolute atomic E-state index is 0.0228. The summed E-state index contributed by atoms with van der Waals surface area (Å²) in [4.78, 5) is 9.56. The monoisotopic (exact) mass is 467 g/mol. The second kappa shape index (κ2) is 9.21. The van der Waals surface area contributed by atoms with Gasteiger partial charge in [-0.3, -0.25) is 0 Å². The van der Waals surface area contributed by atoms with Crippen molar-refractivity contribution < 1.29 is 31.8 Å². The summed E-state index contributed by atoms with van der Waals surface area (Å²) in [5.41, 5.74) is -1.50. The number of hydrogen-bond donors (Lipinski definition) is 2. The molecule has 0 aliphatic carbocycles. The number of halogens is 5. The highest BCUT2D eigenvalue weighted by Gasteiger charge is 2.33. The van der Waals surface area contributed by atoms with Crippen LogP contribution in [0.25, 0.3) is 22.5 Å². The Balaban J connectivity index is 1.79. The highest BCUT2D eigenvalue weighted by atomic mass is 19.4. The number of benzene rings is 1. The number of aliphatic hydroxyl groups is 1. The first-order valence-electron chi connectivity index (χ1n) is 10.0. The third-order valence-electron chi connectivity index (χ3n) is 4.91. The van der Waals surface area contributed by atoms with E-state index < -0.39 is 28.9 Å². The van der Waals surface area contributed by atoms with Crippen molar-refractivity contribution in [3.8, 4) is 28.4 Å². The van der Waals surface area contributed by atoms with Crippen molar-refractivity contribution in [1.82, 2.24) is 15.0 Å². The van der Waals surface area contributed by atoms with E-state index in [0.29, 0.717) is 12.6 Å². The van der Waals surface area contributed by atoms with Crippen LogP contribution in [0.15, 0.2) is 48.5 Å². The van der Waals surface area contributed by atoms with Crippen molar-refractivity contribution in [2.75, 3.05) is 6.61 Å². The number of aromatic nitrogens is 3. The number of rotatable bonds is 7. The Morgan fingerprint density at radius 2 is 1.76 bits per heavy atom. The van der Waals surface area contributed by atoms with E-state index in [1.54, 1.807) is 19.9 Å². The SMILES string of the molecule is CCC=C(O)C(C)(C)COc1ncc(-c2ccc(-c3ncc(C(F)(F)F)[nH]3)c(F)c2)cc1F. The molecule has 0 spiro atoms. The molecule has 2 N–H and O–H groups in total. The van der Waals surface area contributed by atoms with Crippen LogP contribution >= 0.6 is 0 Å². The Bertz CT molecular complexity index is 1170. The normalized spacial score (nSPS) is 12.8. The van der Waals surface area contributed by atoms with E-state index >= 15 is 0 Å². The minimum Gasteiger partial charge on any atom is -0.512 e. The second-order valence-electron chi connectivity index (χ2n) is 8.02. The van der Waals surface area contributed by atoms with E-state index in [4.69, 9.17) is 4.74 Å². The van der Waals surface area contributed by atoms with Gasteiger partial charge in [-0.25, -0.2) is 18.7 Å². The number of allylic oxidation sites excluding steroid dienone is 1. The first kappa shape index (κ1) is 24.2. The lowest BCUT2D eigenvalue weighted by atomic mass is 9.91. The Morgan fingerprint density at radius 1 is 1.06 bits per heavy atom. The zero-order chi connectivity index (χ0) is 24.4. The molecule has 0 aliphatic heterocycles. The number of pyridine rings is 1. The van der Waals surface area contributed by atoms with Gasteiger partial charge in [-0.2, -0.15) is 13.2 Å². The number of ether oxygens (including phenoxy) is 1. The molecule has 3 aromatic rings. The summed E-state index contributed by atoms with van der Waals surface area (Å²) in [6.07, 6.45) is -0.485. The summed E-state index contributed by atoms with van der Waals surface area (Å²) in [7, 11) is 0. The van der Waals surface area contributed by atoms with Crippen LogP contribution < -0.4 is 4.74 Å². The molecule has 176 valence electrons. The maximum Gasteiger partial charge on any atom is 0.432 e. The minimum atomic E-state index is -4.63. The quantitative estimate of drug-likeness (QED) is 0.300. The van der Waals surface area contributed by atoms with Crippen LogP contribution in [-0.2, 0) is 6.18 Å². The van der Waals surface area contributed by atoms with E-state index in [2.05, 4.69) is 9.97 Å². The molecule has 0 saturated carbocycles. The van der Waals surface area contributed by atoms with Crippen LogP contribution in [0.5, 0.6) is 5.88 Å². The number of aliphatic hydroxyl groups excluding tert-OH is 1. The van der Waals surface area contributed by atoms with E-state index in [0.717, 1.165) is 12.1 Å². The Hall–Kier alpha value is -3.43. The van der Waals surface area contributed by atoms with Crippen LogP contribution in [-0.4, -0.2) is 26.7 Å². The van der Waals surface area contributed by atoms with Gasteiger partial charge in [0.2, 0.25) is 5.88 Å². The lowest BCUT2D eigenvalue weighted by molar-refractivity contribution is -0.140. The Kier molecular flexibility index (Phi) is 6.76. The largest absolute Gasteiger partial charge is 0.512 e. The van der Waals surface area contributed by atoms with Crippen molar-refractivity contribution >= 4 is 0 Å². The van der Waals surface area contributed by atoms with Gasteiger partial charge in [0, 0.05) is 11.8 Å². The molecular formula is C23H22F5N3O2. The highest BCUT2D eigenvalue weighted by Crippen LogP contribution is 2.32. The molecule has 5 nitrogen and oxygen atoms in total. The topological polar surface area (TPSA) is 71.0 Å². The van der Waals surface area contributed by atoms with Crippen LogP contribution in [0.1, 0.15) is 32.9 Å². The smallest absolute Gasteiger partial charge is 0.432 e. The first-order valence-corrected chi connectivity index (χ1v) is 10.0. The molecular weight excluding hydrogens is 445 g/mol. The number of nitrogens with one attached hydrogen (secondary N) is 1. The van der Waals surface area contributed by atoms with Crippen LogP contribution in [0.3, 0.4) is 0 Å². The molecule has 0 aliphatic rings. The Labute approximate surface area is 187 Å². The zero-order valence-corrected chi connectivity index (χ0v) is 18.1. The second-order valence-corrected chi connectivity index (χ2v) is 8.02. The van der Waals surface area contributed by atoms with Gasteiger partial charge < -0.3 is 14.8 Å². The number of alkyl halides is 3. The zero-order valence-electron chi connectivity index (χ0n) is 18.1. The lowest BCUT2D eigenvalue weighted by Gasteiger charge is -2.24. The lowest BCUT2D eigenvalue weighted by Crippen LogP contribution is -2.24. The highest BCUT2D eigenvalue weighted by molar-refractivity contribution is 5.68. The maximum absolute atomic E-state index is 14.6. The molecule has 0 unspecified atom stereocenters. The fourth-order valence-electron chi connectivity index (χ4n) is 2.97. The van der Waals surface area contributed by atoms with Gasteiger partial charge in [0.05, 0.1) is 22.9 Å². The van der Waals surface area contributed by atoms with Gasteiger partial charge in [-0.05, 0) is 50.1 Å². The third kappa shape index (κ3) is 5.50. The number of nitrogens with zero attached hydrogens (tertiary/aromatic N) is 2. The Morgan fingerprint density at radius 3 is 2.33 bits per heavy atom. The molecule has 2 heterocycles. The molecule has 10 heteroatoms. The summed E-state index contributed by atoms with van der Waals surface area (Å²) in [6.45, 7) is 5.32. The van der Waals surface area contributed by atoms with Crippen molar-refractivity contribution in [3.05, 3.63) is 65.8 Å². The van der Waals surface area contributed by atoms with E-state index in [-0.39, 0.29) is 40.8 Å². The molecule has 33 heavy (non-hydrogen) atoms. The van der Waals surface area contributed by atoms with Crippen LogP contribution in [0, 0.1) is 17.0 Å². The van der Waals surface area contributed by atoms with Gasteiger partial charge in [0.15, 0.2) is 5.82 Å². The van der Waals surface area contributed by atoms with Crippen LogP contribution in [0.2, 0.25) is 0 Å². The molecule has 0 fully saturated rings. The first-order chi connectivity index (χ1) is 15.4. The average Bonchev–Trinajstić information content (AvgIpc) is 3.23. The molecule has 1 aromatic carbocycles. The molecule has 3 rings (SSSR count). The number of aromatic amines is 1. The fraction of sp³-hybridized carbons (Fsp3) is 0.304. The molecule has 0 radical (unpaired) electrons. The van der Waals surface area contributed by atoms with E-state index in [9.17, 15) is 27.1 Å². The average molecular weight is 467 g/mol. The number of hydrogen-bond acceptors (Lipinski definition) is 4. The third-order valence-corrected chi connectivity index (χ3v) is 4.91. The predicted molar refractivity (Wildman–Crippen MR) is 112 cm³/mol. The van der Waals surface area contributed by atoms with Gasteiger partial charge in [-0.15, -0.1) is 0 Å². The summed E-state index contributed by atoms with van der Waals surface area (Å²) in [5, 5.41) is 10.1. The summed E-state index contributed by atoms with van der Waals surface area (Å²) < 4.78 is 72.8. The molecule has 0 amide bonds. The van der Waals surface area contributed by atoms with Crippen LogP contribution in [0.4, 0.5) is 22.0 Å². The van der Waals surface area contributed by atoms with Crippen molar-refractivity contribution in [1.29, 1.82) is 0 Å². The molecule has 0 saturated heterocycles. The summed E-state index contributed by atoms with van der Waals surface area (Å²) in [5.74, 6) is -2.05. The van der Waals surface area contributed by atoms with Gasteiger partial charge in [0.1, 0.15) is 23.9 Å². The fourth-order valence-corrected chi connectivity index (χ4v) is 2.97. The standard InChI is InChI=1S/C23H22F5N3O2/c1-4-5-19(32)22(2,3)12-33-21-17(25)9-14(10-30-21)13-6-7-15(16(24)8-13)20-29-11-18(31-20)23(26,27)28/h5-11,32H,4,12H2,1-3H3,(H,29,31). The summed E-state index contributed by atoms with van der Waals surface area (Å²) >= 11 is 0. The molecule has 2 aromatic heterocycles. The predicted octanol–water partition coefficient (Wildman–Crippen LogP) is 6.69. The maximum atomic E-state index is 14.6. The number of imidazole rings is 1. The van der Waals surface area contributed by atoms with Gasteiger partial charge >= 0.3 is 6.18 Å². The van der Waals surface area contributed by atoms with Crippen molar-refractivity contribution in [2.45, 2.75) is 33.4 Å². The van der Waals surface area contributed by atoms with E-state index in [1.165, 1.54) is 18.3 Å². The number of H-pyrrole nitrogens is 1. The summed E-state index contributed by atoms with van der Waals surface area (Å²) in [6, 6.07) is 4.83. The van der Waals surface area contributed by atoms with Crippen molar-refractivity contribution in [3.63, 3.8) is 0 Å². The van der Waals surface area contributed by atoms with Gasteiger partial charge in [-0.1, -0.05) is 13.0 Å². The van der Waals surface area contributed by atoms with Crippen molar-refractivity contribution in [2.24, 2.45) is 5.41 Å². The van der Waals surface area contributed by atoms with Gasteiger partial charge in [0.25, 0.3) is 0 Å². The van der Waals surface area contributed by atoms with E-state index in [1.807, 2.05) is 11.9 Å².